The van der Waals surface area contributed by atoms with Crippen LogP contribution in [0.1, 0.15) is 0 Å². The molecule has 0 bridgehead atoms. The third kappa shape index (κ3) is 4.29. The van der Waals surface area contributed by atoms with E-state index in [2.05, 4.69) is 5.32 Å². The van der Waals surface area contributed by atoms with Gasteiger partial charge in [0.2, 0.25) is 5.91 Å². The van der Waals surface area contributed by atoms with E-state index in [0.717, 1.165) is 0 Å². The molecule has 1 aromatic carbocycles. The summed E-state index contributed by atoms with van der Waals surface area (Å²) in [6, 6.07) is 4.94. The van der Waals surface area contributed by atoms with Crippen LogP contribution in [-0.4, -0.2) is 37.9 Å². The molecule has 6 heteroatoms. The Kier molecular flexibility index (Phi) is 5.25. The number of ether oxygens (including phenoxy) is 2. The molecule has 1 amide bonds. The molecule has 0 saturated carbocycles. The molecule has 1 aromatic rings. The zero-order valence-corrected chi connectivity index (χ0v) is 9.60. The Labute approximate surface area is 99.3 Å². The molecule has 0 radical (unpaired) electrons. The normalized spacial score (nSPS) is 10.0. The van der Waals surface area contributed by atoms with Crippen LogP contribution in [0.4, 0.5) is 11.4 Å². The van der Waals surface area contributed by atoms with Gasteiger partial charge in [0.05, 0.1) is 26.0 Å². The standard InChI is InChI=1S/C11H16N2O4/c1-16-10-3-2-8(12)6-9(10)13-11(15)7-17-5-4-14/h2-3,6,14H,4-5,7,12H2,1H3,(H,13,15). The van der Waals surface area contributed by atoms with Crippen molar-refractivity contribution in [3.05, 3.63) is 18.2 Å². The molecule has 0 atom stereocenters. The summed E-state index contributed by atoms with van der Waals surface area (Å²) in [7, 11) is 1.50. The maximum Gasteiger partial charge on any atom is 0.250 e. The van der Waals surface area contributed by atoms with E-state index < -0.39 is 0 Å². The number of nitrogens with two attached hydrogens (primary N) is 1. The van der Waals surface area contributed by atoms with Gasteiger partial charge in [0, 0.05) is 5.69 Å². The van der Waals surface area contributed by atoms with Gasteiger partial charge < -0.3 is 25.6 Å². The second-order valence-electron chi connectivity index (χ2n) is 3.28. The van der Waals surface area contributed by atoms with E-state index in [1.807, 2.05) is 0 Å². The first-order valence-electron chi connectivity index (χ1n) is 5.09. The fourth-order valence-electron chi connectivity index (χ4n) is 1.24. The quantitative estimate of drug-likeness (QED) is 0.488. The summed E-state index contributed by atoms with van der Waals surface area (Å²) in [4.78, 5) is 11.5. The summed E-state index contributed by atoms with van der Waals surface area (Å²) in [5, 5.41) is 11.1. The van der Waals surface area contributed by atoms with Gasteiger partial charge >= 0.3 is 0 Å². The first kappa shape index (κ1) is 13.3. The maximum atomic E-state index is 11.5. The van der Waals surface area contributed by atoms with Gasteiger partial charge in [0.15, 0.2) is 0 Å². The molecule has 0 heterocycles. The van der Waals surface area contributed by atoms with Gasteiger partial charge in [-0.05, 0) is 18.2 Å². The first-order valence-corrected chi connectivity index (χ1v) is 5.09. The monoisotopic (exact) mass is 240 g/mol. The number of aliphatic hydroxyl groups excluding tert-OH is 1. The molecule has 0 aliphatic rings. The predicted octanol–water partition coefficient (Wildman–Crippen LogP) is 0.225. The molecule has 1 rings (SSSR count). The number of nitrogens with one attached hydrogen (secondary N) is 1. The highest BCUT2D eigenvalue weighted by Crippen LogP contribution is 2.26. The van der Waals surface area contributed by atoms with Crippen LogP contribution < -0.4 is 15.8 Å². The molecule has 4 N–H and O–H groups in total. The van der Waals surface area contributed by atoms with Crippen LogP contribution in [-0.2, 0) is 9.53 Å². The summed E-state index contributed by atoms with van der Waals surface area (Å²) in [6.07, 6.45) is 0. The van der Waals surface area contributed by atoms with E-state index in [4.69, 9.17) is 20.3 Å². The smallest absolute Gasteiger partial charge is 0.250 e. The Balaban J connectivity index is 2.60. The molecular formula is C11H16N2O4. The van der Waals surface area contributed by atoms with Crippen LogP contribution in [0.15, 0.2) is 18.2 Å². The number of benzene rings is 1. The summed E-state index contributed by atoms with van der Waals surface area (Å²) in [6.45, 7) is -0.116. The van der Waals surface area contributed by atoms with Crippen molar-refractivity contribution in [2.75, 3.05) is 38.0 Å². The first-order chi connectivity index (χ1) is 8.17. The number of hydrogen-bond donors (Lipinski definition) is 3. The number of carbonyl (C=O) groups excluding carboxylic acids is 1. The van der Waals surface area contributed by atoms with Crippen molar-refractivity contribution < 1.29 is 19.4 Å². The van der Waals surface area contributed by atoms with Crippen LogP contribution in [0.25, 0.3) is 0 Å². The summed E-state index contributed by atoms with van der Waals surface area (Å²) in [5.41, 5.74) is 6.62. The summed E-state index contributed by atoms with van der Waals surface area (Å²) >= 11 is 0. The van der Waals surface area contributed by atoms with E-state index in [1.54, 1.807) is 18.2 Å². The fraction of sp³-hybridized carbons (Fsp3) is 0.364. The average molecular weight is 240 g/mol. The Morgan fingerprint density at radius 1 is 1.53 bits per heavy atom. The van der Waals surface area contributed by atoms with Crippen molar-refractivity contribution in [1.29, 1.82) is 0 Å². The highest BCUT2D eigenvalue weighted by atomic mass is 16.5. The summed E-state index contributed by atoms with van der Waals surface area (Å²) < 4.78 is 9.96. The second-order valence-corrected chi connectivity index (χ2v) is 3.28. The average Bonchev–Trinajstić information content (AvgIpc) is 2.29. The van der Waals surface area contributed by atoms with Crippen LogP contribution >= 0.6 is 0 Å². The fourth-order valence-corrected chi connectivity index (χ4v) is 1.24. The topological polar surface area (TPSA) is 93.8 Å². The van der Waals surface area contributed by atoms with Crippen molar-refractivity contribution in [1.82, 2.24) is 0 Å². The molecule has 0 spiro atoms. The van der Waals surface area contributed by atoms with Crippen molar-refractivity contribution in [2.24, 2.45) is 0 Å². The lowest BCUT2D eigenvalue weighted by atomic mass is 10.2. The predicted molar refractivity (Wildman–Crippen MR) is 63.9 cm³/mol. The third-order valence-electron chi connectivity index (χ3n) is 1.97. The highest BCUT2D eigenvalue weighted by Gasteiger charge is 2.07. The number of amides is 1. The van der Waals surface area contributed by atoms with Crippen molar-refractivity contribution in [3.63, 3.8) is 0 Å². The molecule has 0 aliphatic heterocycles. The minimum Gasteiger partial charge on any atom is -0.495 e. The molecule has 0 fully saturated rings. The van der Waals surface area contributed by atoms with Gasteiger partial charge in [-0.15, -0.1) is 0 Å². The lowest BCUT2D eigenvalue weighted by molar-refractivity contribution is -0.120. The van der Waals surface area contributed by atoms with E-state index >= 15 is 0 Å². The Morgan fingerprint density at radius 3 is 2.94 bits per heavy atom. The molecule has 0 aliphatic carbocycles. The van der Waals surface area contributed by atoms with Crippen molar-refractivity contribution in [2.45, 2.75) is 0 Å². The van der Waals surface area contributed by atoms with Crippen molar-refractivity contribution in [3.8, 4) is 5.75 Å². The number of carbonyl (C=O) groups is 1. The molecule has 0 unspecified atom stereocenters. The number of hydrogen-bond acceptors (Lipinski definition) is 5. The van der Waals surface area contributed by atoms with Gasteiger partial charge in [-0.1, -0.05) is 0 Å². The largest absolute Gasteiger partial charge is 0.495 e. The van der Waals surface area contributed by atoms with Gasteiger partial charge in [0.1, 0.15) is 12.4 Å². The van der Waals surface area contributed by atoms with E-state index in [9.17, 15) is 4.79 Å². The van der Waals surface area contributed by atoms with Gasteiger partial charge in [-0.25, -0.2) is 0 Å². The van der Waals surface area contributed by atoms with Gasteiger partial charge in [-0.3, -0.25) is 4.79 Å². The van der Waals surface area contributed by atoms with Gasteiger partial charge in [0.25, 0.3) is 0 Å². The molecule has 0 saturated heterocycles. The zero-order chi connectivity index (χ0) is 12.7. The number of rotatable bonds is 6. The molecule has 0 aromatic heterocycles. The van der Waals surface area contributed by atoms with Crippen molar-refractivity contribution >= 4 is 17.3 Å². The number of anilines is 2. The number of nitrogen functional groups attached to an aromatic ring is 1. The number of methoxy groups -OCH3 is 1. The van der Waals surface area contributed by atoms with E-state index in [1.165, 1.54) is 7.11 Å². The molecule has 17 heavy (non-hydrogen) atoms. The third-order valence-corrected chi connectivity index (χ3v) is 1.97. The van der Waals surface area contributed by atoms with Gasteiger partial charge in [-0.2, -0.15) is 0 Å². The molecular weight excluding hydrogens is 224 g/mol. The number of aliphatic hydroxyl groups is 1. The Hall–Kier alpha value is -1.79. The van der Waals surface area contributed by atoms with Crippen LogP contribution in [0, 0.1) is 0 Å². The highest BCUT2D eigenvalue weighted by molar-refractivity contribution is 5.93. The van der Waals surface area contributed by atoms with E-state index in [-0.39, 0.29) is 25.7 Å². The molecule has 94 valence electrons. The lowest BCUT2D eigenvalue weighted by Gasteiger charge is -2.10. The Bertz CT molecular complexity index is 382. The van der Waals surface area contributed by atoms with Crippen LogP contribution in [0.3, 0.4) is 0 Å². The lowest BCUT2D eigenvalue weighted by Crippen LogP contribution is -2.19. The second kappa shape index (κ2) is 6.72. The summed E-state index contributed by atoms with van der Waals surface area (Å²) in [5.74, 6) is 0.192. The maximum absolute atomic E-state index is 11.5. The Morgan fingerprint density at radius 2 is 2.29 bits per heavy atom. The van der Waals surface area contributed by atoms with E-state index in [0.29, 0.717) is 17.1 Å². The van der Waals surface area contributed by atoms with Crippen LogP contribution in [0.5, 0.6) is 5.75 Å². The SMILES string of the molecule is COc1ccc(N)cc1NC(=O)COCCO. The molecule has 6 nitrogen and oxygen atoms in total. The zero-order valence-electron chi connectivity index (χ0n) is 9.60. The van der Waals surface area contributed by atoms with Crippen LogP contribution in [0.2, 0.25) is 0 Å². The minimum atomic E-state index is -0.331. The minimum absolute atomic E-state index is 0.116.